The first kappa shape index (κ1) is 22.4. The molecule has 1 fully saturated rings. The van der Waals surface area contributed by atoms with Crippen molar-refractivity contribution < 1.29 is 14.0 Å². The van der Waals surface area contributed by atoms with Gasteiger partial charge in [0.25, 0.3) is 11.8 Å². The van der Waals surface area contributed by atoms with Crippen LogP contribution < -0.4 is 16.2 Å². The van der Waals surface area contributed by atoms with Crippen molar-refractivity contribution in [3.8, 4) is 6.07 Å². The molecule has 2 unspecified atom stereocenters. The lowest BCUT2D eigenvalue weighted by Gasteiger charge is -2.51. The van der Waals surface area contributed by atoms with Crippen molar-refractivity contribution in [2.45, 2.75) is 24.5 Å². The highest BCUT2D eigenvalue weighted by Crippen LogP contribution is 2.28. The van der Waals surface area contributed by atoms with E-state index in [9.17, 15) is 19.2 Å². The zero-order chi connectivity index (χ0) is 22.6. The lowest BCUT2D eigenvalue weighted by Crippen LogP contribution is -2.80. The summed E-state index contributed by atoms with van der Waals surface area (Å²) >= 11 is 0. The molecule has 1 heterocycles. The van der Waals surface area contributed by atoms with Crippen molar-refractivity contribution in [3.05, 3.63) is 71.0 Å². The topological polar surface area (TPSA) is 100 Å². The van der Waals surface area contributed by atoms with E-state index in [1.54, 1.807) is 57.5 Å². The Morgan fingerprint density at radius 3 is 2.32 bits per heavy atom. The number of nitrogens with zero attached hydrogens (tertiary/aromatic N) is 3. The molecular formula is C22H25FN6O2. The van der Waals surface area contributed by atoms with E-state index in [4.69, 9.17) is 0 Å². The molecule has 0 bridgehead atoms. The maximum absolute atomic E-state index is 13.7. The molecule has 2 atom stereocenters. The number of piperazine rings is 1. The Morgan fingerprint density at radius 1 is 1.06 bits per heavy atom. The summed E-state index contributed by atoms with van der Waals surface area (Å²) in [4.78, 5) is 27.2. The van der Waals surface area contributed by atoms with Crippen molar-refractivity contribution >= 4 is 11.8 Å². The van der Waals surface area contributed by atoms with Gasteiger partial charge in [0, 0.05) is 26.9 Å². The predicted molar refractivity (Wildman–Crippen MR) is 112 cm³/mol. The molecule has 8 nitrogen and oxygen atoms in total. The molecule has 162 valence electrons. The summed E-state index contributed by atoms with van der Waals surface area (Å²) in [6.45, 7) is 0. The number of hydrazine groups is 2. The van der Waals surface area contributed by atoms with Gasteiger partial charge in [-0.2, -0.15) is 5.26 Å². The lowest BCUT2D eigenvalue weighted by molar-refractivity contribution is -0.181. The van der Waals surface area contributed by atoms with Crippen LogP contribution in [0.15, 0.2) is 48.5 Å². The first-order valence-electron chi connectivity index (χ1n) is 9.85. The SMILES string of the molecule is CNN1C(=O)C(Cc2ccc(F)cc2)(NC)N(NC)C(=O)C1Cc1ccccc1C#N. The Bertz CT molecular complexity index is 1010. The zero-order valence-electron chi connectivity index (χ0n) is 17.6. The van der Waals surface area contributed by atoms with E-state index >= 15 is 0 Å². The maximum Gasteiger partial charge on any atom is 0.280 e. The largest absolute Gasteiger partial charge is 0.288 e. The predicted octanol–water partition coefficient (Wildman–Crippen LogP) is 0.706. The van der Waals surface area contributed by atoms with E-state index in [-0.39, 0.29) is 30.5 Å². The second kappa shape index (κ2) is 9.22. The molecule has 31 heavy (non-hydrogen) atoms. The van der Waals surface area contributed by atoms with E-state index in [0.29, 0.717) is 16.7 Å². The molecule has 2 aromatic rings. The number of amides is 2. The molecular weight excluding hydrogens is 399 g/mol. The zero-order valence-corrected chi connectivity index (χ0v) is 17.6. The van der Waals surface area contributed by atoms with E-state index in [2.05, 4.69) is 22.2 Å². The molecule has 0 saturated carbocycles. The average Bonchev–Trinajstić information content (AvgIpc) is 2.79. The van der Waals surface area contributed by atoms with Gasteiger partial charge in [-0.1, -0.05) is 30.3 Å². The van der Waals surface area contributed by atoms with E-state index in [1.165, 1.54) is 22.2 Å². The fourth-order valence-corrected chi connectivity index (χ4v) is 4.00. The van der Waals surface area contributed by atoms with Crippen LogP contribution in [0.4, 0.5) is 4.39 Å². The van der Waals surface area contributed by atoms with Gasteiger partial charge < -0.3 is 0 Å². The van der Waals surface area contributed by atoms with Crippen LogP contribution >= 0.6 is 0 Å². The minimum absolute atomic E-state index is 0.120. The number of nitriles is 1. The highest BCUT2D eigenvalue weighted by molar-refractivity contribution is 5.99. The third-order valence-corrected chi connectivity index (χ3v) is 5.57. The summed E-state index contributed by atoms with van der Waals surface area (Å²) in [5, 5.41) is 15.0. The number of carbonyl (C=O) groups excluding carboxylic acids is 2. The van der Waals surface area contributed by atoms with Crippen LogP contribution in [0.3, 0.4) is 0 Å². The second-order valence-corrected chi connectivity index (χ2v) is 7.20. The second-order valence-electron chi connectivity index (χ2n) is 7.20. The molecule has 2 amide bonds. The Labute approximate surface area is 180 Å². The van der Waals surface area contributed by atoms with E-state index in [0.717, 1.165) is 0 Å². The maximum atomic E-state index is 13.7. The summed E-state index contributed by atoms with van der Waals surface area (Å²) < 4.78 is 13.4. The van der Waals surface area contributed by atoms with Gasteiger partial charge in [-0.05, 0) is 36.4 Å². The normalized spacial score (nSPS) is 21.3. The molecule has 1 saturated heterocycles. The van der Waals surface area contributed by atoms with Crippen molar-refractivity contribution in [2.75, 3.05) is 21.1 Å². The lowest BCUT2D eigenvalue weighted by atomic mass is 9.91. The van der Waals surface area contributed by atoms with Crippen LogP contribution in [0.1, 0.15) is 16.7 Å². The van der Waals surface area contributed by atoms with Gasteiger partial charge in [-0.25, -0.2) is 20.3 Å². The first-order valence-corrected chi connectivity index (χ1v) is 9.85. The Balaban J connectivity index is 2.01. The summed E-state index contributed by atoms with van der Waals surface area (Å²) in [6, 6.07) is 14.0. The Morgan fingerprint density at radius 2 is 1.74 bits per heavy atom. The summed E-state index contributed by atoms with van der Waals surface area (Å²) in [5.74, 6) is -1.11. The van der Waals surface area contributed by atoms with Crippen molar-refractivity contribution in [1.82, 2.24) is 26.2 Å². The van der Waals surface area contributed by atoms with Gasteiger partial charge in [0.1, 0.15) is 11.9 Å². The fraction of sp³-hybridized carbons (Fsp3) is 0.318. The smallest absolute Gasteiger partial charge is 0.280 e. The van der Waals surface area contributed by atoms with Crippen molar-refractivity contribution in [1.29, 1.82) is 5.26 Å². The highest BCUT2D eigenvalue weighted by Gasteiger charge is 2.55. The average molecular weight is 424 g/mol. The first-order chi connectivity index (χ1) is 14.9. The molecule has 0 aliphatic carbocycles. The standard InChI is InChI=1S/C22H25FN6O2/c1-25-22(13-15-8-10-18(23)11-9-15)21(31)28(26-2)19(20(30)29(22)27-3)12-16-6-4-5-7-17(16)14-24/h4-11,19,25-27H,12-13H2,1-3H3. The quantitative estimate of drug-likeness (QED) is 0.605. The summed E-state index contributed by atoms with van der Waals surface area (Å²) in [5.41, 5.74) is 6.07. The molecule has 0 spiro atoms. The molecule has 3 N–H and O–H groups in total. The fourth-order valence-electron chi connectivity index (χ4n) is 4.00. The minimum Gasteiger partial charge on any atom is -0.288 e. The molecule has 1 aliphatic rings. The van der Waals surface area contributed by atoms with Crippen LogP contribution in [0, 0.1) is 17.1 Å². The number of rotatable bonds is 7. The number of halogens is 1. The molecule has 1 aliphatic heterocycles. The molecule has 2 aromatic carbocycles. The third-order valence-electron chi connectivity index (χ3n) is 5.57. The Hall–Kier alpha value is -3.32. The number of benzene rings is 2. The monoisotopic (exact) mass is 424 g/mol. The van der Waals surface area contributed by atoms with Crippen LogP contribution in [-0.4, -0.2) is 54.7 Å². The van der Waals surface area contributed by atoms with Crippen molar-refractivity contribution in [3.63, 3.8) is 0 Å². The minimum atomic E-state index is -1.43. The Kier molecular flexibility index (Phi) is 6.65. The molecule has 0 aromatic heterocycles. The van der Waals surface area contributed by atoms with Gasteiger partial charge in [0.05, 0.1) is 11.6 Å². The van der Waals surface area contributed by atoms with Crippen LogP contribution in [0.25, 0.3) is 0 Å². The number of likely N-dealkylation sites (N-methyl/N-ethyl adjacent to an activating group) is 1. The summed E-state index contributed by atoms with van der Waals surface area (Å²) in [7, 11) is 4.73. The van der Waals surface area contributed by atoms with Gasteiger partial charge in [0.2, 0.25) is 0 Å². The van der Waals surface area contributed by atoms with Gasteiger partial charge >= 0.3 is 0 Å². The van der Waals surface area contributed by atoms with Gasteiger partial charge in [-0.3, -0.25) is 19.9 Å². The van der Waals surface area contributed by atoms with Crippen LogP contribution in [0.2, 0.25) is 0 Å². The third kappa shape index (κ3) is 4.01. The molecule has 3 rings (SSSR count). The van der Waals surface area contributed by atoms with Gasteiger partial charge in [-0.15, -0.1) is 0 Å². The molecule has 9 heteroatoms. The van der Waals surface area contributed by atoms with Crippen LogP contribution in [0.5, 0.6) is 0 Å². The number of hydrogen-bond donors (Lipinski definition) is 3. The molecule has 0 radical (unpaired) electrons. The van der Waals surface area contributed by atoms with E-state index < -0.39 is 11.7 Å². The van der Waals surface area contributed by atoms with E-state index in [1.807, 2.05) is 0 Å². The summed E-state index contributed by atoms with van der Waals surface area (Å²) in [6.07, 6.45) is 0.290. The van der Waals surface area contributed by atoms with Crippen molar-refractivity contribution in [2.24, 2.45) is 0 Å². The highest BCUT2D eigenvalue weighted by atomic mass is 19.1. The number of carbonyl (C=O) groups is 2. The van der Waals surface area contributed by atoms with Crippen LogP contribution in [-0.2, 0) is 22.4 Å². The number of nitrogens with one attached hydrogen (secondary N) is 3. The number of hydrogen-bond acceptors (Lipinski definition) is 6. The van der Waals surface area contributed by atoms with Gasteiger partial charge in [0.15, 0.2) is 5.66 Å².